The van der Waals surface area contributed by atoms with Crippen LogP contribution in [-0.4, -0.2) is 59.8 Å². The summed E-state index contributed by atoms with van der Waals surface area (Å²) in [6.45, 7) is 6.39. The van der Waals surface area contributed by atoms with Crippen molar-refractivity contribution in [2.45, 2.75) is 76.0 Å². The number of carbonyl (C=O) groups excluding carboxylic acids is 2. The molecule has 43 heavy (non-hydrogen) atoms. The Morgan fingerprint density at radius 1 is 1.00 bits per heavy atom. The highest BCUT2D eigenvalue weighted by Crippen LogP contribution is 2.46. The minimum Gasteiger partial charge on any atom is -0.432 e. The van der Waals surface area contributed by atoms with Crippen molar-refractivity contribution < 1.29 is 24.2 Å². The molecule has 5 rings (SSSR count). The fraction of sp³-hybridized carbons (Fsp3) is 0.412. The number of aryl methyl sites for hydroxylation is 1. The predicted molar refractivity (Wildman–Crippen MR) is 171 cm³/mol. The molecule has 0 bridgehead atoms. The zero-order chi connectivity index (χ0) is 30.7. The zero-order valence-electron chi connectivity index (χ0n) is 25.2. The molecule has 2 aliphatic heterocycles. The largest absolute Gasteiger partial charge is 0.432 e. The number of nitrogens with two attached hydrogens (primary N) is 1. The molecule has 9 heteroatoms. The van der Waals surface area contributed by atoms with E-state index in [1.54, 1.807) is 29.2 Å². The molecule has 5 atom stereocenters. The van der Waals surface area contributed by atoms with E-state index in [9.17, 15) is 19.5 Å². The third-order valence-corrected chi connectivity index (χ3v) is 11.6. The van der Waals surface area contributed by atoms with Crippen LogP contribution in [0.5, 0.6) is 0 Å². The number of anilines is 2. The molecule has 0 aromatic heterocycles. The standard InChI is InChI=1S/C34H43N3O5Si/c1-22-30(17-10-23-8-15-28(16-9-23)36-34(40)24-11-13-27(35)14-12-24)42-31(33(22)43(2,3)41)19-32(39)37-20-26-7-5-4-6-25(26)18-29(37)21-38/h4-9,11-16,22,29-31,33,38,41H,10,17-21,35H2,1-3H3,(H,36,40)/t22-,29+,30+,31-,33+/m1/s1. The van der Waals surface area contributed by atoms with Crippen molar-refractivity contribution in [2.75, 3.05) is 17.7 Å². The number of aliphatic hydroxyl groups is 1. The molecule has 0 aliphatic carbocycles. The minimum absolute atomic E-state index is 0.0359. The van der Waals surface area contributed by atoms with Crippen LogP contribution in [0.4, 0.5) is 11.4 Å². The maximum Gasteiger partial charge on any atom is 0.255 e. The lowest BCUT2D eigenvalue weighted by Crippen LogP contribution is -2.48. The molecule has 1 saturated heterocycles. The van der Waals surface area contributed by atoms with Gasteiger partial charge in [0.1, 0.15) is 0 Å². The van der Waals surface area contributed by atoms with Gasteiger partial charge in [0.15, 0.2) is 8.32 Å². The summed E-state index contributed by atoms with van der Waals surface area (Å²) in [6, 6.07) is 22.4. The molecular weight excluding hydrogens is 558 g/mol. The van der Waals surface area contributed by atoms with Gasteiger partial charge in [0.05, 0.1) is 31.3 Å². The molecule has 0 unspecified atom stereocenters. The SMILES string of the molecule is C[C@H]1[C@H]([Si](C)(C)O)[C@@H](CC(=O)N2Cc3ccccc3C[C@H]2CO)O[C@H]1CCc1ccc(NC(=O)c2ccc(N)cc2)cc1. The van der Waals surface area contributed by atoms with Gasteiger partial charge in [-0.25, -0.2) is 0 Å². The fourth-order valence-electron chi connectivity index (χ4n) is 6.84. The predicted octanol–water partition coefficient (Wildman–Crippen LogP) is 4.76. The lowest BCUT2D eigenvalue weighted by atomic mass is 9.93. The Morgan fingerprint density at radius 3 is 2.33 bits per heavy atom. The summed E-state index contributed by atoms with van der Waals surface area (Å²) in [6.07, 6.45) is 1.93. The van der Waals surface area contributed by atoms with Gasteiger partial charge in [0.25, 0.3) is 5.91 Å². The number of nitrogens with one attached hydrogen (secondary N) is 1. The van der Waals surface area contributed by atoms with Crippen LogP contribution >= 0.6 is 0 Å². The van der Waals surface area contributed by atoms with Gasteiger partial charge in [-0.05, 0) is 91.4 Å². The first-order valence-electron chi connectivity index (χ1n) is 15.1. The van der Waals surface area contributed by atoms with E-state index in [1.165, 1.54) is 5.56 Å². The van der Waals surface area contributed by atoms with Gasteiger partial charge in [-0.15, -0.1) is 0 Å². The van der Waals surface area contributed by atoms with Gasteiger partial charge < -0.3 is 30.6 Å². The van der Waals surface area contributed by atoms with Crippen LogP contribution in [0.15, 0.2) is 72.8 Å². The van der Waals surface area contributed by atoms with Crippen LogP contribution < -0.4 is 11.1 Å². The number of ether oxygens (including phenoxy) is 1. The maximum atomic E-state index is 13.6. The molecule has 0 saturated carbocycles. The maximum absolute atomic E-state index is 13.6. The number of amides is 2. The average Bonchev–Trinajstić information content (AvgIpc) is 3.30. The van der Waals surface area contributed by atoms with Gasteiger partial charge in [-0.1, -0.05) is 43.3 Å². The number of carbonyl (C=O) groups is 2. The van der Waals surface area contributed by atoms with Gasteiger partial charge in [-0.3, -0.25) is 9.59 Å². The number of hydrogen-bond donors (Lipinski definition) is 4. The summed E-state index contributed by atoms with van der Waals surface area (Å²) in [5.41, 5.74) is 10.9. The second kappa shape index (κ2) is 13.0. The molecule has 1 fully saturated rings. The molecule has 0 spiro atoms. The highest BCUT2D eigenvalue weighted by atomic mass is 28.4. The fourth-order valence-corrected chi connectivity index (χ4v) is 9.45. The van der Waals surface area contributed by atoms with Crippen molar-refractivity contribution in [1.29, 1.82) is 0 Å². The average molecular weight is 602 g/mol. The van der Waals surface area contributed by atoms with Crippen LogP contribution in [0.25, 0.3) is 0 Å². The Bertz CT molecular complexity index is 1420. The molecular formula is C34H43N3O5Si. The summed E-state index contributed by atoms with van der Waals surface area (Å²) < 4.78 is 6.57. The Morgan fingerprint density at radius 2 is 1.67 bits per heavy atom. The Hall–Kier alpha value is -3.50. The second-order valence-electron chi connectivity index (χ2n) is 12.6. The zero-order valence-corrected chi connectivity index (χ0v) is 26.2. The first kappa shape index (κ1) is 30.9. The summed E-state index contributed by atoms with van der Waals surface area (Å²) >= 11 is 0. The third kappa shape index (κ3) is 7.18. The summed E-state index contributed by atoms with van der Waals surface area (Å²) in [5.74, 6) is -0.118. The number of rotatable bonds is 9. The van der Waals surface area contributed by atoms with Crippen molar-refractivity contribution in [2.24, 2.45) is 5.92 Å². The molecule has 3 aromatic rings. The molecule has 2 aliphatic rings. The molecule has 2 heterocycles. The van der Waals surface area contributed by atoms with Crippen molar-refractivity contribution >= 4 is 31.5 Å². The first-order valence-corrected chi connectivity index (χ1v) is 18.2. The third-order valence-electron chi connectivity index (χ3n) is 9.08. The van der Waals surface area contributed by atoms with Gasteiger partial charge in [0, 0.05) is 29.0 Å². The smallest absolute Gasteiger partial charge is 0.255 e. The molecule has 8 nitrogen and oxygen atoms in total. The Kier molecular flexibility index (Phi) is 9.36. The molecule has 2 amide bonds. The van der Waals surface area contributed by atoms with Crippen molar-refractivity contribution in [3.8, 4) is 0 Å². The quantitative estimate of drug-likeness (QED) is 0.207. The van der Waals surface area contributed by atoms with Crippen molar-refractivity contribution in [1.82, 2.24) is 4.90 Å². The van der Waals surface area contributed by atoms with Crippen LogP contribution in [0.2, 0.25) is 18.6 Å². The van der Waals surface area contributed by atoms with Crippen LogP contribution in [0.1, 0.15) is 46.8 Å². The summed E-state index contributed by atoms with van der Waals surface area (Å²) in [7, 11) is -2.65. The number of nitrogens with zero attached hydrogens (tertiary/aromatic N) is 1. The number of benzene rings is 3. The van der Waals surface area contributed by atoms with Crippen LogP contribution in [0.3, 0.4) is 0 Å². The van der Waals surface area contributed by atoms with E-state index in [0.29, 0.717) is 29.9 Å². The second-order valence-corrected chi connectivity index (χ2v) is 16.6. The summed E-state index contributed by atoms with van der Waals surface area (Å²) in [5, 5.41) is 13.0. The van der Waals surface area contributed by atoms with E-state index in [4.69, 9.17) is 10.5 Å². The Balaban J connectivity index is 1.20. The van der Waals surface area contributed by atoms with Gasteiger partial charge in [0.2, 0.25) is 5.91 Å². The lowest BCUT2D eigenvalue weighted by Gasteiger charge is -2.37. The normalized spacial score (nSPS) is 23.6. The first-order chi connectivity index (χ1) is 20.5. The molecule has 5 N–H and O–H groups in total. The van der Waals surface area contributed by atoms with Crippen molar-refractivity contribution in [3.05, 3.63) is 95.1 Å². The summed E-state index contributed by atoms with van der Waals surface area (Å²) in [4.78, 5) is 39.2. The van der Waals surface area contributed by atoms with Gasteiger partial charge >= 0.3 is 0 Å². The van der Waals surface area contributed by atoms with E-state index in [2.05, 4.69) is 18.3 Å². The number of fused-ring (bicyclic) bond motifs is 1. The lowest BCUT2D eigenvalue weighted by molar-refractivity contribution is -0.138. The van der Waals surface area contributed by atoms with E-state index < -0.39 is 8.32 Å². The molecule has 228 valence electrons. The Labute approximate surface area is 255 Å². The highest BCUT2D eigenvalue weighted by Gasteiger charge is 2.50. The van der Waals surface area contributed by atoms with Crippen LogP contribution in [0, 0.1) is 5.92 Å². The highest BCUT2D eigenvalue weighted by molar-refractivity contribution is 6.71. The monoisotopic (exact) mass is 601 g/mol. The number of hydrogen-bond acceptors (Lipinski definition) is 6. The van der Waals surface area contributed by atoms with E-state index in [0.717, 1.165) is 24.0 Å². The number of nitrogen functional groups attached to an aromatic ring is 1. The van der Waals surface area contributed by atoms with Crippen LogP contribution in [-0.2, 0) is 28.9 Å². The minimum atomic E-state index is -2.65. The topological polar surface area (TPSA) is 125 Å². The van der Waals surface area contributed by atoms with E-state index >= 15 is 0 Å². The molecule has 0 radical (unpaired) electrons. The number of aliphatic hydroxyl groups excluding tert-OH is 1. The molecule has 3 aromatic carbocycles. The van der Waals surface area contributed by atoms with Crippen molar-refractivity contribution in [3.63, 3.8) is 0 Å². The van der Waals surface area contributed by atoms with E-state index in [-0.39, 0.29) is 54.6 Å². The van der Waals surface area contributed by atoms with Gasteiger partial charge in [-0.2, -0.15) is 0 Å². The van der Waals surface area contributed by atoms with E-state index in [1.807, 2.05) is 55.6 Å².